The van der Waals surface area contributed by atoms with E-state index in [-0.39, 0.29) is 24.9 Å². The zero-order valence-corrected chi connectivity index (χ0v) is 16.6. The van der Waals surface area contributed by atoms with Gasteiger partial charge in [-0.1, -0.05) is 13.8 Å². The van der Waals surface area contributed by atoms with E-state index in [0.29, 0.717) is 24.5 Å². The summed E-state index contributed by atoms with van der Waals surface area (Å²) >= 11 is 0. The first-order chi connectivity index (χ1) is 12.7. The van der Waals surface area contributed by atoms with Gasteiger partial charge in [0.25, 0.3) is 0 Å². The highest BCUT2D eigenvalue weighted by Gasteiger charge is 2.66. The van der Waals surface area contributed by atoms with Crippen LogP contribution in [0.5, 0.6) is 11.5 Å². The van der Waals surface area contributed by atoms with Crippen LogP contribution in [0.4, 0.5) is 0 Å². The Bertz CT molecular complexity index is 702. The summed E-state index contributed by atoms with van der Waals surface area (Å²) in [5.41, 5.74) is -1.18. The minimum Gasteiger partial charge on any atom is -0.497 e. The number of hydrogen-bond donors (Lipinski definition) is 2. The normalized spacial score (nSPS) is 23.2. The number of benzene rings is 1. The Hall–Kier alpha value is -2.28. The number of hydrogen-bond acceptors (Lipinski definition) is 5. The van der Waals surface area contributed by atoms with Gasteiger partial charge in [0, 0.05) is 24.9 Å². The van der Waals surface area contributed by atoms with E-state index in [0.717, 1.165) is 5.56 Å². The zero-order valence-electron chi connectivity index (χ0n) is 16.6. The van der Waals surface area contributed by atoms with Crippen LogP contribution in [0.3, 0.4) is 0 Å². The summed E-state index contributed by atoms with van der Waals surface area (Å²) in [6, 6.07) is 5.39. The van der Waals surface area contributed by atoms with Gasteiger partial charge < -0.3 is 24.6 Å². The van der Waals surface area contributed by atoms with Gasteiger partial charge in [0.15, 0.2) is 0 Å². The van der Waals surface area contributed by atoms with Crippen molar-refractivity contribution in [2.24, 2.45) is 5.41 Å². The van der Waals surface area contributed by atoms with Crippen LogP contribution < -0.4 is 14.8 Å². The van der Waals surface area contributed by atoms with Crippen molar-refractivity contribution >= 4 is 11.9 Å². The maximum atomic E-state index is 12.5. The third-order valence-corrected chi connectivity index (χ3v) is 5.59. The number of aliphatic carboxylic acids is 1. The molecule has 1 aromatic rings. The number of aryl methyl sites for hydroxylation is 1. The predicted molar refractivity (Wildman–Crippen MR) is 100 cm³/mol. The summed E-state index contributed by atoms with van der Waals surface area (Å²) in [5.74, 6) is -0.00844. The van der Waals surface area contributed by atoms with Crippen LogP contribution in [0.1, 0.15) is 39.2 Å². The largest absolute Gasteiger partial charge is 0.497 e. The van der Waals surface area contributed by atoms with Crippen molar-refractivity contribution in [1.82, 2.24) is 5.32 Å². The van der Waals surface area contributed by atoms with Gasteiger partial charge in [0.2, 0.25) is 5.91 Å². The van der Waals surface area contributed by atoms with Crippen LogP contribution in [0, 0.1) is 5.41 Å². The molecule has 1 aliphatic carbocycles. The van der Waals surface area contributed by atoms with Gasteiger partial charge in [-0.05, 0) is 37.1 Å². The van der Waals surface area contributed by atoms with E-state index < -0.39 is 16.9 Å². The molecule has 0 bridgehead atoms. The number of amides is 1. The summed E-state index contributed by atoms with van der Waals surface area (Å²) in [6.45, 7) is 6.01. The molecule has 1 amide bonds. The molecule has 7 nitrogen and oxygen atoms in total. The van der Waals surface area contributed by atoms with Gasteiger partial charge in [0.1, 0.15) is 17.0 Å². The van der Waals surface area contributed by atoms with Crippen molar-refractivity contribution in [1.29, 1.82) is 0 Å². The average Bonchev–Trinajstić information content (AvgIpc) is 2.64. The SMILES string of the molecule is CCOC1CC(NC(=O)CCc2cc(OC)ccc2OC)(C(=O)O)C1(C)C. The number of carboxylic acids is 1. The number of ether oxygens (including phenoxy) is 3. The monoisotopic (exact) mass is 379 g/mol. The highest BCUT2D eigenvalue weighted by Crippen LogP contribution is 2.51. The van der Waals surface area contributed by atoms with Crippen LogP contribution in [-0.2, 0) is 20.7 Å². The van der Waals surface area contributed by atoms with Gasteiger partial charge in [-0.15, -0.1) is 0 Å². The van der Waals surface area contributed by atoms with Crippen LogP contribution in [0.25, 0.3) is 0 Å². The molecule has 2 rings (SSSR count). The number of nitrogens with one attached hydrogen (secondary N) is 1. The molecule has 0 aliphatic heterocycles. The molecule has 1 aromatic carbocycles. The lowest BCUT2D eigenvalue weighted by Crippen LogP contribution is -2.76. The van der Waals surface area contributed by atoms with E-state index in [1.165, 1.54) is 0 Å². The number of carboxylic acid groups (broad SMARTS) is 1. The number of methoxy groups -OCH3 is 2. The molecule has 1 saturated carbocycles. The van der Waals surface area contributed by atoms with Crippen molar-refractivity contribution in [3.05, 3.63) is 23.8 Å². The summed E-state index contributed by atoms with van der Waals surface area (Å²) in [7, 11) is 3.14. The molecule has 27 heavy (non-hydrogen) atoms. The molecular weight excluding hydrogens is 350 g/mol. The van der Waals surface area contributed by atoms with E-state index in [4.69, 9.17) is 14.2 Å². The maximum absolute atomic E-state index is 12.5. The Labute approximate surface area is 160 Å². The van der Waals surface area contributed by atoms with E-state index in [9.17, 15) is 14.7 Å². The fourth-order valence-electron chi connectivity index (χ4n) is 3.66. The standard InChI is InChI=1S/C20H29NO6/c1-6-27-16-12-20(18(23)24,19(16,2)3)21-17(22)10-7-13-11-14(25-4)8-9-15(13)26-5/h8-9,11,16H,6-7,10,12H2,1-5H3,(H,21,22)(H,23,24). The lowest BCUT2D eigenvalue weighted by molar-refractivity contribution is -0.194. The first-order valence-corrected chi connectivity index (χ1v) is 9.08. The molecule has 1 aliphatic rings. The van der Waals surface area contributed by atoms with E-state index in [1.807, 2.05) is 26.8 Å². The molecule has 2 N–H and O–H groups in total. The molecule has 2 unspecified atom stereocenters. The molecule has 1 fully saturated rings. The maximum Gasteiger partial charge on any atom is 0.330 e. The fourth-order valence-corrected chi connectivity index (χ4v) is 3.66. The van der Waals surface area contributed by atoms with Gasteiger partial charge in [0.05, 0.1) is 20.3 Å². The third-order valence-electron chi connectivity index (χ3n) is 5.59. The smallest absolute Gasteiger partial charge is 0.330 e. The zero-order chi connectivity index (χ0) is 20.2. The first kappa shape index (κ1) is 21.0. The molecule has 0 spiro atoms. The first-order valence-electron chi connectivity index (χ1n) is 9.08. The van der Waals surface area contributed by atoms with Crippen LogP contribution >= 0.6 is 0 Å². The third kappa shape index (κ3) is 3.88. The lowest BCUT2D eigenvalue weighted by atomic mass is 9.54. The molecule has 0 aromatic heterocycles. The Morgan fingerprint density at radius 2 is 1.96 bits per heavy atom. The minimum atomic E-state index is -1.32. The highest BCUT2D eigenvalue weighted by molar-refractivity contribution is 5.89. The molecule has 2 atom stereocenters. The second kappa shape index (κ2) is 8.17. The Kier molecular flexibility index (Phi) is 6.36. The summed E-state index contributed by atoms with van der Waals surface area (Å²) < 4.78 is 16.2. The van der Waals surface area contributed by atoms with Crippen molar-refractivity contribution in [3.8, 4) is 11.5 Å². The Balaban J connectivity index is 2.07. The van der Waals surface area contributed by atoms with E-state index >= 15 is 0 Å². The second-order valence-corrected chi connectivity index (χ2v) is 7.31. The quantitative estimate of drug-likeness (QED) is 0.684. The van der Waals surface area contributed by atoms with Crippen molar-refractivity contribution in [2.75, 3.05) is 20.8 Å². The predicted octanol–water partition coefficient (Wildman–Crippen LogP) is 2.41. The molecule has 0 radical (unpaired) electrons. The number of carbonyl (C=O) groups is 2. The highest BCUT2D eigenvalue weighted by atomic mass is 16.5. The molecule has 7 heteroatoms. The van der Waals surface area contributed by atoms with E-state index in [1.54, 1.807) is 26.4 Å². The van der Waals surface area contributed by atoms with Gasteiger partial charge >= 0.3 is 5.97 Å². The van der Waals surface area contributed by atoms with Crippen LogP contribution in [0.2, 0.25) is 0 Å². The Morgan fingerprint density at radius 1 is 1.26 bits per heavy atom. The topological polar surface area (TPSA) is 94.1 Å². The molecular formula is C20H29NO6. The van der Waals surface area contributed by atoms with E-state index in [2.05, 4.69) is 5.32 Å². The van der Waals surface area contributed by atoms with Gasteiger partial charge in [-0.25, -0.2) is 4.79 Å². The van der Waals surface area contributed by atoms with Crippen LogP contribution in [0.15, 0.2) is 18.2 Å². The van der Waals surface area contributed by atoms with Gasteiger partial charge in [-0.2, -0.15) is 0 Å². The number of carbonyl (C=O) groups excluding carboxylic acids is 1. The second-order valence-electron chi connectivity index (χ2n) is 7.31. The van der Waals surface area contributed by atoms with Crippen molar-refractivity contribution in [2.45, 2.75) is 51.7 Å². The van der Waals surface area contributed by atoms with Crippen LogP contribution in [-0.4, -0.2) is 49.5 Å². The van der Waals surface area contributed by atoms with Crippen molar-refractivity contribution in [3.63, 3.8) is 0 Å². The molecule has 0 saturated heterocycles. The Morgan fingerprint density at radius 3 is 2.48 bits per heavy atom. The molecule has 0 heterocycles. The fraction of sp³-hybridized carbons (Fsp3) is 0.600. The van der Waals surface area contributed by atoms with Gasteiger partial charge in [-0.3, -0.25) is 4.79 Å². The summed E-state index contributed by atoms with van der Waals surface area (Å²) in [5, 5.41) is 12.5. The lowest BCUT2D eigenvalue weighted by Gasteiger charge is -2.58. The summed E-state index contributed by atoms with van der Waals surface area (Å²) in [6.07, 6.45) is 0.625. The minimum absolute atomic E-state index is 0.147. The molecule has 150 valence electrons. The van der Waals surface area contributed by atoms with Crippen molar-refractivity contribution < 1.29 is 28.9 Å². The summed E-state index contributed by atoms with van der Waals surface area (Å²) in [4.78, 5) is 24.5. The average molecular weight is 379 g/mol. The number of rotatable bonds is 9.